The van der Waals surface area contributed by atoms with Gasteiger partial charge < -0.3 is 14.7 Å². The van der Waals surface area contributed by atoms with Crippen molar-refractivity contribution in [2.75, 3.05) is 26.8 Å². The van der Waals surface area contributed by atoms with Gasteiger partial charge >= 0.3 is 5.97 Å². The summed E-state index contributed by atoms with van der Waals surface area (Å²) in [6.45, 7) is 1.45. The molecule has 1 atom stereocenters. The third-order valence-electron chi connectivity index (χ3n) is 4.58. The van der Waals surface area contributed by atoms with E-state index < -0.39 is 5.97 Å². The first-order valence-corrected chi connectivity index (χ1v) is 8.49. The fraction of sp³-hybridized carbons (Fsp3) is 0.368. The number of amides is 1. The molecule has 1 aromatic carbocycles. The van der Waals surface area contributed by atoms with E-state index in [4.69, 9.17) is 4.74 Å². The number of methoxy groups -OCH3 is 1. The number of nitrogens with zero attached hydrogens (tertiary/aromatic N) is 3. The number of hydrogen-bond acceptors (Lipinski definition) is 5. The topological polar surface area (TPSA) is 92.6 Å². The first-order chi connectivity index (χ1) is 12.6. The molecule has 0 aliphatic carbocycles. The second-order valence-corrected chi connectivity index (χ2v) is 6.33. The maximum atomic E-state index is 12.0. The Balaban J connectivity index is 1.81. The van der Waals surface area contributed by atoms with Crippen molar-refractivity contribution in [1.82, 2.24) is 14.9 Å². The van der Waals surface area contributed by atoms with Crippen molar-refractivity contribution >= 4 is 11.9 Å². The number of carbonyl (C=O) groups is 2. The van der Waals surface area contributed by atoms with E-state index in [9.17, 15) is 14.7 Å². The van der Waals surface area contributed by atoms with Gasteiger partial charge in [0.2, 0.25) is 5.91 Å². The minimum Gasteiger partial charge on any atom is -0.478 e. The average Bonchev–Trinajstić information content (AvgIpc) is 3.11. The van der Waals surface area contributed by atoms with Crippen LogP contribution in [-0.4, -0.2) is 58.7 Å². The normalized spacial score (nSPS) is 16.7. The van der Waals surface area contributed by atoms with Crippen LogP contribution >= 0.6 is 0 Å². The van der Waals surface area contributed by atoms with Crippen molar-refractivity contribution < 1.29 is 19.4 Å². The Labute approximate surface area is 151 Å². The minimum atomic E-state index is -0.991. The first kappa shape index (κ1) is 18.0. The van der Waals surface area contributed by atoms with Crippen molar-refractivity contribution in [1.29, 1.82) is 0 Å². The van der Waals surface area contributed by atoms with Gasteiger partial charge in [0.05, 0.1) is 17.0 Å². The van der Waals surface area contributed by atoms with E-state index in [-0.39, 0.29) is 24.0 Å². The molecule has 1 fully saturated rings. The van der Waals surface area contributed by atoms with E-state index >= 15 is 0 Å². The van der Waals surface area contributed by atoms with Gasteiger partial charge in [-0.2, -0.15) is 0 Å². The molecule has 136 valence electrons. The van der Waals surface area contributed by atoms with Crippen LogP contribution < -0.4 is 0 Å². The van der Waals surface area contributed by atoms with E-state index in [1.165, 1.54) is 7.11 Å². The van der Waals surface area contributed by atoms with Gasteiger partial charge in [-0.25, -0.2) is 4.79 Å². The van der Waals surface area contributed by atoms with Crippen LogP contribution in [0.4, 0.5) is 0 Å². The molecule has 0 radical (unpaired) electrons. The number of aromatic nitrogens is 2. The number of carbonyl (C=O) groups excluding carboxylic acids is 1. The number of carboxylic acid groups (broad SMARTS) is 1. The fourth-order valence-corrected chi connectivity index (χ4v) is 3.33. The number of ether oxygens (including phenoxy) is 1. The number of likely N-dealkylation sites (tertiary alicyclic amines) is 1. The van der Waals surface area contributed by atoms with E-state index in [0.717, 1.165) is 12.1 Å². The smallest absolute Gasteiger partial charge is 0.336 e. The van der Waals surface area contributed by atoms with E-state index in [0.29, 0.717) is 30.8 Å². The summed E-state index contributed by atoms with van der Waals surface area (Å²) < 4.78 is 4.91. The Morgan fingerprint density at radius 2 is 2.04 bits per heavy atom. The lowest BCUT2D eigenvalue weighted by molar-refractivity contribution is -0.134. The Morgan fingerprint density at radius 1 is 1.27 bits per heavy atom. The zero-order chi connectivity index (χ0) is 18.5. The number of rotatable bonds is 6. The first-order valence-electron chi connectivity index (χ1n) is 8.49. The number of hydrogen-bond donors (Lipinski definition) is 1. The van der Waals surface area contributed by atoms with Gasteiger partial charge in [-0.05, 0) is 24.8 Å². The van der Waals surface area contributed by atoms with Crippen LogP contribution in [0.2, 0.25) is 0 Å². The molecule has 1 N–H and O–H groups in total. The fourth-order valence-electron chi connectivity index (χ4n) is 3.33. The molecule has 0 saturated carbocycles. The van der Waals surface area contributed by atoms with Crippen molar-refractivity contribution in [3.05, 3.63) is 47.9 Å². The van der Waals surface area contributed by atoms with E-state index in [2.05, 4.69) is 9.97 Å². The van der Waals surface area contributed by atoms with Crippen molar-refractivity contribution in [2.24, 2.45) is 5.92 Å². The Bertz CT molecular complexity index is 809. The molecular weight excluding hydrogens is 334 g/mol. The summed E-state index contributed by atoms with van der Waals surface area (Å²) >= 11 is 0. The molecule has 2 aromatic rings. The van der Waals surface area contributed by atoms with Gasteiger partial charge in [0, 0.05) is 38.2 Å². The molecule has 0 bridgehead atoms. The predicted molar refractivity (Wildman–Crippen MR) is 94.7 cm³/mol. The van der Waals surface area contributed by atoms with E-state index in [1.807, 2.05) is 0 Å². The van der Waals surface area contributed by atoms with Crippen LogP contribution in [-0.2, 0) is 16.0 Å². The lowest BCUT2D eigenvalue weighted by atomic mass is 9.96. The Kier molecular flexibility index (Phi) is 5.58. The number of aromatic carboxylic acids is 1. The zero-order valence-electron chi connectivity index (χ0n) is 14.6. The van der Waals surface area contributed by atoms with Crippen LogP contribution in [0.15, 0.2) is 36.7 Å². The van der Waals surface area contributed by atoms with Crippen LogP contribution in [0.3, 0.4) is 0 Å². The molecule has 0 spiro atoms. The molecule has 1 saturated heterocycles. The third kappa shape index (κ3) is 3.88. The number of carboxylic acids is 1. The quantitative estimate of drug-likeness (QED) is 0.850. The molecule has 2 heterocycles. The van der Waals surface area contributed by atoms with Gasteiger partial charge in [-0.1, -0.05) is 18.2 Å². The molecule has 26 heavy (non-hydrogen) atoms. The van der Waals surface area contributed by atoms with Crippen LogP contribution in [0, 0.1) is 5.92 Å². The molecule has 1 unspecified atom stereocenters. The third-order valence-corrected chi connectivity index (χ3v) is 4.58. The van der Waals surface area contributed by atoms with Gasteiger partial charge in [0.15, 0.2) is 0 Å². The highest BCUT2D eigenvalue weighted by atomic mass is 16.5. The maximum absolute atomic E-state index is 12.0. The lowest BCUT2D eigenvalue weighted by Crippen LogP contribution is -2.31. The zero-order valence-corrected chi connectivity index (χ0v) is 14.6. The summed E-state index contributed by atoms with van der Waals surface area (Å²) in [5, 5.41) is 9.44. The molecule has 1 amide bonds. The summed E-state index contributed by atoms with van der Waals surface area (Å²) in [6.07, 6.45) is 4.71. The molecule has 7 heteroatoms. The highest BCUT2D eigenvalue weighted by Crippen LogP contribution is 2.28. The van der Waals surface area contributed by atoms with Gasteiger partial charge in [0.1, 0.15) is 6.61 Å². The number of benzene rings is 1. The van der Waals surface area contributed by atoms with Gasteiger partial charge in [-0.3, -0.25) is 14.8 Å². The highest BCUT2D eigenvalue weighted by Gasteiger charge is 2.27. The molecule has 1 aliphatic rings. The molecule has 7 nitrogen and oxygen atoms in total. The van der Waals surface area contributed by atoms with Crippen molar-refractivity contribution in [2.45, 2.75) is 12.8 Å². The second kappa shape index (κ2) is 8.05. The van der Waals surface area contributed by atoms with Crippen LogP contribution in [0.5, 0.6) is 0 Å². The van der Waals surface area contributed by atoms with Crippen LogP contribution in [0.25, 0.3) is 11.3 Å². The molecule has 1 aromatic heterocycles. The van der Waals surface area contributed by atoms with Crippen molar-refractivity contribution in [3.8, 4) is 11.3 Å². The predicted octanol–water partition coefficient (Wildman–Crippen LogP) is 1.88. The van der Waals surface area contributed by atoms with Crippen LogP contribution in [0.1, 0.15) is 22.5 Å². The summed E-state index contributed by atoms with van der Waals surface area (Å²) in [5.74, 6) is -0.733. The van der Waals surface area contributed by atoms with Gasteiger partial charge in [0.25, 0.3) is 0 Å². The van der Waals surface area contributed by atoms with E-state index in [1.54, 1.807) is 41.6 Å². The Morgan fingerprint density at radius 3 is 2.81 bits per heavy atom. The maximum Gasteiger partial charge on any atom is 0.336 e. The minimum absolute atomic E-state index is 0.00871. The van der Waals surface area contributed by atoms with Crippen molar-refractivity contribution in [3.63, 3.8) is 0 Å². The standard InChI is InChI=1S/C19H21N3O4/c1-26-12-17(23)22-9-6-13(11-22)10-16-18(21-8-7-20-16)14-4-2-3-5-15(14)19(24)25/h2-5,7-8,13H,6,9-12H2,1H3,(H,24,25). The SMILES string of the molecule is COCC(=O)N1CCC(Cc2nccnc2-c2ccccc2C(=O)O)C1. The second-order valence-electron chi connectivity index (χ2n) is 6.33. The summed E-state index contributed by atoms with van der Waals surface area (Å²) in [5.41, 5.74) is 2.12. The summed E-state index contributed by atoms with van der Waals surface area (Å²) in [4.78, 5) is 34.1. The molecule has 3 rings (SSSR count). The lowest BCUT2D eigenvalue weighted by Gasteiger charge is -2.16. The average molecular weight is 355 g/mol. The summed E-state index contributed by atoms with van der Waals surface area (Å²) in [6, 6.07) is 6.80. The molecular formula is C19H21N3O4. The summed E-state index contributed by atoms with van der Waals surface area (Å²) in [7, 11) is 1.51. The largest absolute Gasteiger partial charge is 0.478 e. The van der Waals surface area contributed by atoms with Gasteiger partial charge in [-0.15, -0.1) is 0 Å². The highest BCUT2D eigenvalue weighted by molar-refractivity contribution is 5.95. The monoisotopic (exact) mass is 355 g/mol. The Hall–Kier alpha value is -2.80. The molecule has 1 aliphatic heterocycles.